The van der Waals surface area contributed by atoms with Gasteiger partial charge in [0.15, 0.2) is 0 Å². The molecule has 7 heteroatoms. The highest BCUT2D eigenvalue weighted by Crippen LogP contribution is 2.30. The smallest absolute Gasteiger partial charge is 0.255 e. The van der Waals surface area contributed by atoms with Crippen LogP contribution in [0.2, 0.25) is 5.02 Å². The molecule has 0 aromatic heterocycles. The van der Waals surface area contributed by atoms with Gasteiger partial charge in [0.05, 0.1) is 17.3 Å². The fourth-order valence-corrected chi connectivity index (χ4v) is 3.64. The number of carbonyl (C=O) groups is 2. The average Bonchev–Trinajstić information content (AvgIpc) is 2.74. The van der Waals surface area contributed by atoms with Crippen LogP contribution in [0.5, 0.6) is 5.75 Å². The summed E-state index contributed by atoms with van der Waals surface area (Å²) in [6, 6.07) is 12.6. The van der Waals surface area contributed by atoms with Gasteiger partial charge < -0.3 is 19.9 Å². The van der Waals surface area contributed by atoms with Crippen LogP contribution in [0.3, 0.4) is 0 Å². The van der Waals surface area contributed by atoms with Crippen molar-refractivity contribution in [3.05, 3.63) is 53.1 Å². The normalized spacial score (nSPS) is 13.8. The molecule has 0 unspecified atom stereocenters. The molecule has 0 aliphatic carbocycles. The predicted octanol–water partition coefficient (Wildman–Crippen LogP) is 4.44. The van der Waals surface area contributed by atoms with Gasteiger partial charge in [0, 0.05) is 44.4 Å². The molecule has 0 spiro atoms. The zero-order valence-corrected chi connectivity index (χ0v) is 18.2. The molecule has 0 radical (unpaired) electrons. The van der Waals surface area contributed by atoms with Crippen LogP contribution >= 0.6 is 11.6 Å². The molecule has 2 amide bonds. The summed E-state index contributed by atoms with van der Waals surface area (Å²) in [6.07, 6.45) is 2.09. The Balaban J connectivity index is 1.59. The van der Waals surface area contributed by atoms with Crippen LogP contribution in [0.1, 0.15) is 37.0 Å². The number of anilines is 2. The number of nitrogens with zero attached hydrogens (tertiary/aromatic N) is 2. The summed E-state index contributed by atoms with van der Waals surface area (Å²) in [5, 5.41) is 3.46. The third-order valence-corrected chi connectivity index (χ3v) is 5.46. The van der Waals surface area contributed by atoms with E-state index in [1.54, 1.807) is 37.3 Å². The topological polar surface area (TPSA) is 61.9 Å². The highest BCUT2D eigenvalue weighted by Gasteiger charge is 2.20. The van der Waals surface area contributed by atoms with Crippen LogP contribution in [-0.2, 0) is 4.79 Å². The summed E-state index contributed by atoms with van der Waals surface area (Å²) < 4.78 is 5.63. The fraction of sp³-hybridized carbons (Fsp3) is 0.391. The molecular weight excluding hydrogens is 402 g/mol. The minimum absolute atomic E-state index is 0.0966. The number of hydrogen-bond acceptors (Lipinski definition) is 4. The number of unbranched alkanes of at least 4 members (excludes halogenated alkanes) is 1. The van der Waals surface area contributed by atoms with Crippen molar-refractivity contribution in [3.63, 3.8) is 0 Å². The molecule has 1 aliphatic rings. The van der Waals surface area contributed by atoms with E-state index in [1.165, 1.54) is 0 Å². The second-order valence-corrected chi connectivity index (χ2v) is 7.75. The van der Waals surface area contributed by atoms with Gasteiger partial charge in [0.25, 0.3) is 5.91 Å². The number of amides is 2. The van der Waals surface area contributed by atoms with Crippen LogP contribution in [-0.4, -0.2) is 49.5 Å². The first-order valence-corrected chi connectivity index (χ1v) is 10.7. The molecule has 1 N–H and O–H groups in total. The minimum atomic E-state index is -0.200. The maximum atomic E-state index is 12.5. The summed E-state index contributed by atoms with van der Waals surface area (Å²) in [7, 11) is 0. The van der Waals surface area contributed by atoms with Gasteiger partial charge in [-0.3, -0.25) is 9.59 Å². The lowest BCUT2D eigenvalue weighted by atomic mass is 10.2. The molecule has 160 valence electrons. The van der Waals surface area contributed by atoms with E-state index in [0.29, 0.717) is 36.0 Å². The summed E-state index contributed by atoms with van der Waals surface area (Å²) in [5.74, 6) is 0.658. The van der Waals surface area contributed by atoms with Gasteiger partial charge in [0.2, 0.25) is 5.91 Å². The Kier molecular flexibility index (Phi) is 7.57. The molecule has 2 aromatic rings. The molecule has 1 aliphatic heterocycles. The largest absolute Gasteiger partial charge is 0.494 e. The van der Waals surface area contributed by atoms with Gasteiger partial charge in [0.1, 0.15) is 5.75 Å². The van der Waals surface area contributed by atoms with Gasteiger partial charge in [-0.25, -0.2) is 0 Å². The second-order valence-electron chi connectivity index (χ2n) is 7.34. The van der Waals surface area contributed by atoms with Crippen LogP contribution in [0.25, 0.3) is 0 Å². The van der Waals surface area contributed by atoms with Crippen LogP contribution < -0.4 is 15.0 Å². The Hall–Kier alpha value is -2.73. The third-order valence-electron chi connectivity index (χ3n) is 5.15. The van der Waals surface area contributed by atoms with Gasteiger partial charge in [-0.05, 0) is 48.9 Å². The van der Waals surface area contributed by atoms with Crippen molar-refractivity contribution >= 4 is 34.8 Å². The van der Waals surface area contributed by atoms with Crippen molar-refractivity contribution < 1.29 is 14.3 Å². The van der Waals surface area contributed by atoms with Gasteiger partial charge in [-0.1, -0.05) is 24.9 Å². The molecule has 0 saturated carbocycles. The number of halogens is 1. The predicted molar refractivity (Wildman–Crippen MR) is 121 cm³/mol. The van der Waals surface area contributed by atoms with Crippen molar-refractivity contribution in [2.75, 3.05) is 43.0 Å². The Morgan fingerprint density at radius 3 is 2.37 bits per heavy atom. The van der Waals surface area contributed by atoms with Crippen LogP contribution in [0, 0.1) is 0 Å². The molecular formula is C23H28ClN3O3. The number of benzene rings is 2. The molecule has 1 fully saturated rings. The van der Waals surface area contributed by atoms with Crippen LogP contribution in [0.4, 0.5) is 11.4 Å². The Bertz CT molecular complexity index is 878. The van der Waals surface area contributed by atoms with Gasteiger partial charge in [-0.15, -0.1) is 0 Å². The summed E-state index contributed by atoms with van der Waals surface area (Å²) >= 11 is 6.48. The summed E-state index contributed by atoms with van der Waals surface area (Å²) in [4.78, 5) is 28.0. The lowest BCUT2D eigenvalue weighted by Gasteiger charge is -2.36. The lowest BCUT2D eigenvalue weighted by molar-refractivity contribution is -0.129. The molecule has 6 nitrogen and oxygen atoms in total. The van der Waals surface area contributed by atoms with E-state index >= 15 is 0 Å². The van der Waals surface area contributed by atoms with E-state index in [1.807, 2.05) is 17.0 Å². The zero-order chi connectivity index (χ0) is 21.5. The Morgan fingerprint density at radius 2 is 1.77 bits per heavy atom. The highest BCUT2D eigenvalue weighted by atomic mass is 35.5. The molecule has 1 saturated heterocycles. The molecule has 0 atom stereocenters. The average molecular weight is 430 g/mol. The Morgan fingerprint density at radius 1 is 1.07 bits per heavy atom. The van der Waals surface area contributed by atoms with E-state index in [0.717, 1.165) is 37.4 Å². The lowest BCUT2D eigenvalue weighted by Crippen LogP contribution is -2.48. The number of hydrogen-bond donors (Lipinski definition) is 1. The van der Waals surface area contributed by atoms with Crippen molar-refractivity contribution in [2.45, 2.75) is 26.7 Å². The number of ether oxygens (including phenoxy) is 1. The molecule has 30 heavy (non-hydrogen) atoms. The first-order chi connectivity index (χ1) is 14.5. The molecule has 2 aromatic carbocycles. The van der Waals surface area contributed by atoms with E-state index in [-0.39, 0.29) is 11.8 Å². The minimum Gasteiger partial charge on any atom is -0.494 e. The van der Waals surface area contributed by atoms with Gasteiger partial charge in [-0.2, -0.15) is 0 Å². The number of piperazine rings is 1. The summed E-state index contributed by atoms with van der Waals surface area (Å²) in [5.41, 5.74) is 2.10. The first-order valence-electron chi connectivity index (χ1n) is 10.3. The summed E-state index contributed by atoms with van der Waals surface area (Å²) in [6.45, 7) is 7.22. The van der Waals surface area contributed by atoms with Gasteiger partial charge >= 0.3 is 0 Å². The monoisotopic (exact) mass is 429 g/mol. The van der Waals surface area contributed by atoms with Crippen molar-refractivity contribution in [3.8, 4) is 5.75 Å². The molecule has 3 rings (SSSR count). The number of rotatable bonds is 7. The van der Waals surface area contributed by atoms with E-state index < -0.39 is 0 Å². The molecule has 1 heterocycles. The highest BCUT2D eigenvalue weighted by molar-refractivity contribution is 6.33. The Labute approximate surface area is 182 Å². The van der Waals surface area contributed by atoms with Crippen molar-refractivity contribution in [2.24, 2.45) is 0 Å². The third kappa shape index (κ3) is 5.66. The van der Waals surface area contributed by atoms with Crippen molar-refractivity contribution in [1.29, 1.82) is 0 Å². The zero-order valence-electron chi connectivity index (χ0n) is 17.5. The van der Waals surface area contributed by atoms with E-state index in [9.17, 15) is 9.59 Å². The quantitative estimate of drug-likeness (QED) is 0.661. The second kappa shape index (κ2) is 10.3. The maximum absolute atomic E-state index is 12.5. The van der Waals surface area contributed by atoms with E-state index in [2.05, 4.69) is 17.1 Å². The number of nitrogens with one attached hydrogen (secondary N) is 1. The SMILES string of the molecule is CCCCOc1ccc(C(=O)Nc2ccc(N3CCN(C(C)=O)CC3)c(Cl)c2)cc1. The van der Waals surface area contributed by atoms with Crippen molar-refractivity contribution in [1.82, 2.24) is 4.90 Å². The number of carbonyl (C=O) groups excluding carboxylic acids is 2. The van der Waals surface area contributed by atoms with E-state index in [4.69, 9.17) is 16.3 Å². The molecule has 0 bridgehead atoms. The first kappa shape index (κ1) is 22.0. The fourth-order valence-electron chi connectivity index (χ4n) is 3.34. The standard InChI is InChI=1S/C23H28ClN3O3/c1-3-4-15-30-20-8-5-18(6-9-20)23(29)25-19-7-10-22(21(24)16-19)27-13-11-26(12-14-27)17(2)28/h5-10,16H,3-4,11-15H2,1-2H3,(H,25,29). The maximum Gasteiger partial charge on any atom is 0.255 e. The van der Waals surface area contributed by atoms with Crippen LogP contribution in [0.15, 0.2) is 42.5 Å².